The average molecular weight is 190 g/mol. The molecule has 0 saturated carbocycles. The third-order valence-corrected chi connectivity index (χ3v) is 1.45. The smallest absolute Gasteiger partial charge is 0.335 e. The van der Waals surface area contributed by atoms with Crippen LogP contribution >= 0.6 is 0 Å². The SMILES string of the molecule is O=C(O)c1ccccc1.c1ccoc1. The van der Waals surface area contributed by atoms with Gasteiger partial charge in [0.05, 0.1) is 18.1 Å². The Morgan fingerprint density at radius 2 is 1.57 bits per heavy atom. The maximum Gasteiger partial charge on any atom is 0.335 e. The number of hydrogen-bond acceptors (Lipinski definition) is 2. The topological polar surface area (TPSA) is 50.4 Å². The number of carbonyl (C=O) groups is 1. The molecule has 0 saturated heterocycles. The van der Waals surface area contributed by atoms with Gasteiger partial charge in [0.1, 0.15) is 0 Å². The van der Waals surface area contributed by atoms with E-state index in [0.717, 1.165) is 0 Å². The van der Waals surface area contributed by atoms with Crippen LogP contribution in [0.4, 0.5) is 0 Å². The van der Waals surface area contributed by atoms with E-state index in [0.29, 0.717) is 5.56 Å². The lowest BCUT2D eigenvalue weighted by molar-refractivity contribution is 0.0697. The number of carboxylic acids is 1. The molecular weight excluding hydrogens is 180 g/mol. The molecule has 1 heterocycles. The number of aromatic carboxylic acids is 1. The molecule has 0 aliphatic rings. The Morgan fingerprint density at radius 3 is 1.86 bits per heavy atom. The molecule has 2 aromatic rings. The van der Waals surface area contributed by atoms with E-state index in [4.69, 9.17) is 5.11 Å². The van der Waals surface area contributed by atoms with Crippen LogP contribution in [-0.2, 0) is 0 Å². The summed E-state index contributed by atoms with van der Waals surface area (Å²) in [4.78, 5) is 10.2. The van der Waals surface area contributed by atoms with Gasteiger partial charge in [0.2, 0.25) is 0 Å². The predicted molar refractivity (Wildman–Crippen MR) is 52.1 cm³/mol. The summed E-state index contributed by atoms with van der Waals surface area (Å²) in [6.45, 7) is 0. The Balaban J connectivity index is 0.000000165. The number of benzene rings is 1. The fraction of sp³-hybridized carbons (Fsp3) is 0. The fourth-order valence-corrected chi connectivity index (χ4v) is 0.808. The minimum atomic E-state index is -0.879. The minimum absolute atomic E-state index is 0.331. The summed E-state index contributed by atoms with van der Waals surface area (Å²) >= 11 is 0. The molecule has 0 bridgehead atoms. The quantitative estimate of drug-likeness (QED) is 0.752. The molecule has 1 aromatic carbocycles. The van der Waals surface area contributed by atoms with Crippen LogP contribution in [0, 0.1) is 0 Å². The summed E-state index contributed by atoms with van der Waals surface area (Å²) < 4.78 is 4.58. The lowest BCUT2D eigenvalue weighted by Gasteiger charge is -1.88. The van der Waals surface area contributed by atoms with Crippen molar-refractivity contribution in [1.82, 2.24) is 0 Å². The summed E-state index contributed by atoms with van der Waals surface area (Å²) in [5, 5.41) is 8.38. The van der Waals surface area contributed by atoms with Gasteiger partial charge in [0, 0.05) is 0 Å². The highest BCUT2D eigenvalue weighted by atomic mass is 16.4. The summed E-state index contributed by atoms with van der Waals surface area (Å²) in [5.74, 6) is -0.879. The van der Waals surface area contributed by atoms with Gasteiger partial charge < -0.3 is 9.52 Å². The molecule has 1 N–H and O–H groups in total. The van der Waals surface area contributed by atoms with E-state index in [1.807, 2.05) is 12.1 Å². The normalized spacial score (nSPS) is 8.57. The third kappa shape index (κ3) is 3.58. The van der Waals surface area contributed by atoms with E-state index < -0.39 is 5.97 Å². The highest BCUT2D eigenvalue weighted by Gasteiger charge is 1.96. The Hall–Kier alpha value is -2.03. The molecule has 0 spiro atoms. The fourth-order valence-electron chi connectivity index (χ4n) is 0.808. The molecule has 0 aliphatic heterocycles. The molecule has 14 heavy (non-hydrogen) atoms. The molecule has 3 nitrogen and oxygen atoms in total. The van der Waals surface area contributed by atoms with Crippen LogP contribution in [0.15, 0.2) is 59.4 Å². The second kappa shape index (κ2) is 5.59. The maximum absolute atomic E-state index is 10.2. The lowest BCUT2D eigenvalue weighted by Crippen LogP contribution is -1.93. The summed E-state index contributed by atoms with van der Waals surface area (Å²) in [7, 11) is 0. The zero-order valence-corrected chi connectivity index (χ0v) is 7.46. The summed E-state index contributed by atoms with van der Waals surface area (Å²) in [5.41, 5.74) is 0.331. The maximum atomic E-state index is 10.2. The number of rotatable bonds is 1. The van der Waals surface area contributed by atoms with E-state index in [2.05, 4.69) is 4.42 Å². The molecule has 0 atom stereocenters. The van der Waals surface area contributed by atoms with Crippen molar-refractivity contribution in [2.45, 2.75) is 0 Å². The molecule has 72 valence electrons. The molecule has 2 rings (SSSR count). The van der Waals surface area contributed by atoms with E-state index >= 15 is 0 Å². The average Bonchev–Trinajstić information content (AvgIpc) is 2.77. The Morgan fingerprint density at radius 1 is 1.00 bits per heavy atom. The summed E-state index contributed by atoms with van der Waals surface area (Å²) in [6.07, 6.45) is 3.25. The number of furan rings is 1. The van der Waals surface area contributed by atoms with Gasteiger partial charge in [-0.3, -0.25) is 0 Å². The third-order valence-electron chi connectivity index (χ3n) is 1.45. The second-order valence-electron chi connectivity index (χ2n) is 2.46. The Labute approximate surface area is 81.6 Å². The molecule has 0 unspecified atom stereocenters. The summed E-state index contributed by atoms with van der Waals surface area (Å²) in [6, 6.07) is 12.0. The van der Waals surface area contributed by atoms with Gasteiger partial charge in [-0.15, -0.1) is 0 Å². The van der Waals surface area contributed by atoms with E-state index in [-0.39, 0.29) is 0 Å². The van der Waals surface area contributed by atoms with Crippen molar-refractivity contribution < 1.29 is 14.3 Å². The largest absolute Gasteiger partial charge is 0.478 e. The van der Waals surface area contributed by atoms with Gasteiger partial charge in [-0.2, -0.15) is 0 Å². The second-order valence-corrected chi connectivity index (χ2v) is 2.46. The first-order valence-corrected chi connectivity index (χ1v) is 4.06. The van der Waals surface area contributed by atoms with Crippen LogP contribution in [0.3, 0.4) is 0 Å². The molecule has 1 aromatic heterocycles. The van der Waals surface area contributed by atoms with E-state index in [9.17, 15) is 4.79 Å². The molecule has 0 aliphatic carbocycles. The first-order valence-electron chi connectivity index (χ1n) is 4.06. The highest BCUT2D eigenvalue weighted by Crippen LogP contribution is 1.96. The van der Waals surface area contributed by atoms with Crippen LogP contribution in [0.5, 0.6) is 0 Å². The van der Waals surface area contributed by atoms with Gasteiger partial charge in [-0.25, -0.2) is 4.79 Å². The number of hydrogen-bond donors (Lipinski definition) is 1. The highest BCUT2D eigenvalue weighted by molar-refractivity contribution is 5.87. The van der Waals surface area contributed by atoms with Crippen LogP contribution < -0.4 is 0 Å². The van der Waals surface area contributed by atoms with Crippen molar-refractivity contribution in [3.63, 3.8) is 0 Å². The van der Waals surface area contributed by atoms with E-state index in [1.165, 1.54) is 0 Å². The number of carboxylic acid groups (broad SMARTS) is 1. The minimum Gasteiger partial charge on any atom is -0.478 e. The lowest BCUT2D eigenvalue weighted by atomic mass is 10.2. The van der Waals surface area contributed by atoms with Gasteiger partial charge in [-0.05, 0) is 24.3 Å². The zero-order valence-electron chi connectivity index (χ0n) is 7.46. The first-order chi connectivity index (χ1) is 6.80. The van der Waals surface area contributed by atoms with Crippen molar-refractivity contribution >= 4 is 5.97 Å². The first kappa shape index (κ1) is 10.1. The van der Waals surface area contributed by atoms with Gasteiger partial charge in [-0.1, -0.05) is 18.2 Å². The zero-order chi connectivity index (χ0) is 10.2. The van der Waals surface area contributed by atoms with Crippen LogP contribution in [0.1, 0.15) is 10.4 Å². The monoisotopic (exact) mass is 190 g/mol. The molecule has 0 radical (unpaired) electrons. The molecule has 0 fully saturated rings. The van der Waals surface area contributed by atoms with Gasteiger partial charge >= 0.3 is 5.97 Å². The molecular formula is C11H10O3. The standard InChI is InChI=1S/C7H6O2.C4H4O/c8-7(9)6-4-2-1-3-5-6;1-2-4-5-3-1/h1-5H,(H,8,9);1-4H. The molecule has 0 amide bonds. The van der Waals surface area contributed by atoms with Crippen molar-refractivity contribution in [3.8, 4) is 0 Å². The molecule has 3 heteroatoms. The van der Waals surface area contributed by atoms with Crippen molar-refractivity contribution in [1.29, 1.82) is 0 Å². The van der Waals surface area contributed by atoms with Crippen LogP contribution in [0.25, 0.3) is 0 Å². The Kier molecular flexibility index (Phi) is 4.01. The van der Waals surface area contributed by atoms with Crippen LogP contribution in [-0.4, -0.2) is 11.1 Å². The van der Waals surface area contributed by atoms with Crippen LogP contribution in [0.2, 0.25) is 0 Å². The Bertz CT molecular complexity index is 334. The predicted octanol–water partition coefficient (Wildman–Crippen LogP) is 2.66. The van der Waals surface area contributed by atoms with Crippen molar-refractivity contribution in [2.24, 2.45) is 0 Å². The van der Waals surface area contributed by atoms with Gasteiger partial charge in [0.25, 0.3) is 0 Å². The van der Waals surface area contributed by atoms with Crippen molar-refractivity contribution in [2.75, 3.05) is 0 Å². The van der Waals surface area contributed by atoms with Crippen molar-refractivity contribution in [3.05, 3.63) is 60.6 Å². The van der Waals surface area contributed by atoms with E-state index in [1.54, 1.807) is 42.9 Å². The van der Waals surface area contributed by atoms with Gasteiger partial charge in [0.15, 0.2) is 0 Å².